The lowest BCUT2D eigenvalue weighted by molar-refractivity contribution is -0.320. The minimum absolute atomic E-state index is 0.310. The zero-order chi connectivity index (χ0) is 23.3. The topological polar surface area (TPSA) is 55.4 Å². The van der Waals surface area contributed by atoms with Crippen LogP contribution >= 0.6 is 0 Å². The molecule has 0 N–H and O–H groups in total. The largest absolute Gasteiger partial charge is 0.375 e. The highest BCUT2D eigenvalue weighted by molar-refractivity contribution is 5.14. The normalized spacial score (nSPS) is 24.9. The van der Waals surface area contributed by atoms with E-state index in [1.54, 1.807) is 19.3 Å². The van der Waals surface area contributed by atoms with Gasteiger partial charge in [-0.3, -0.25) is 0 Å². The van der Waals surface area contributed by atoms with E-state index in [1.807, 2.05) is 60.7 Å². The van der Waals surface area contributed by atoms with Gasteiger partial charge < -0.3 is 28.4 Å². The average Bonchev–Trinajstić information content (AvgIpc) is 2.86. The van der Waals surface area contributed by atoms with Crippen molar-refractivity contribution in [3.8, 4) is 0 Å². The lowest BCUT2D eigenvalue weighted by atomic mass is 9.98. The summed E-state index contributed by atoms with van der Waals surface area (Å²) in [6.45, 7) is 9.36. The van der Waals surface area contributed by atoms with Gasteiger partial charge in [0, 0.05) is 7.11 Å². The number of benzene rings is 2. The summed E-state index contributed by atoms with van der Waals surface area (Å²) >= 11 is 0. The monoisotopic (exact) mass is 454 g/mol. The summed E-state index contributed by atoms with van der Waals surface area (Å²) in [5.74, 6) is 0. The van der Waals surface area contributed by atoms with Gasteiger partial charge in [0.15, 0.2) is 6.29 Å². The summed E-state index contributed by atoms with van der Waals surface area (Å²) in [5, 5.41) is 0. The Bertz CT molecular complexity index is 812. The number of methoxy groups -OCH3 is 1. The Labute approximate surface area is 196 Å². The van der Waals surface area contributed by atoms with Crippen LogP contribution < -0.4 is 0 Å². The van der Waals surface area contributed by atoms with Gasteiger partial charge in [-0.2, -0.15) is 0 Å². The maximum absolute atomic E-state index is 6.43. The molecule has 0 aliphatic carbocycles. The van der Waals surface area contributed by atoms with Gasteiger partial charge in [0.2, 0.25) is 0 Å². The molecule has 0 unspecified atom stereocenters. The van der Waals surface area contributed by atoms with Gasteiger partial charge in [0.05, 0.1) is 33.0 Å². The number of rotatable bonds is 14. The predicted molar refractivity (Wildman–Crippen MR) is 127 cm³/mol. The lowest BCUT2D eigenvalue weighted by Gasteiger charge is -2.45. The zero-order valence-corrected chi connectivity index (χ0v) is 19.2. The molecule has 0 radical (unpaired) electrons. The quantitative estimate of drug-likeness (QED) is 0.313. The predicted octanol–water partition coefficient (Wildman–Crippen LogP) is 4.30. The third-order valence-electron chi connectivity index (χ3n) is 5.32. The van der Waals surface area contributed by atoms with E-state index in [-0.39, 0.29) is 0 Å². The van der Waals surface area contributed by atoms with E-state index in [1.165, 1.54) is 0 Å². The van der Waals surface area contributed by atoms with Crippen molar-refractivity contribution in [3.05, 3.63) is 97.1 Å². The van der Waals surface area contributed by atoms with Crippen molar-refractivity contribution < 1.29 is 28.4 Å². The van der Waals surface area contributed by atoms with Crippen molar-refractivity contribution >= 4 is 0 Å². The second-order valence-electron chi connectivity index (χ2n) is 7.71. The van der Waals surface area contributed by atoms with Gasteiger partial charge in [0.25, 0.3) is 0 Å². The van der Waals surface area contributed by atoms with Gasteiger partial charge in [-0.25, -0.2) is 0 Å². The molecule has 178 valence electrons. The molecule has 2 aromatic rings. The van der Waals surface area contributed by atoms with Gasteiger partial charge in [0.1, 0.15) is 24.4 Å². The molecule has 1 saturated heterocycles. The molecule has 33 heavy (non-hydrogen) atoms. The van der Waals surface area contributed by atoms with Gasteiger partial charge in [-0.1, -0.05) is 72.8 Å². The Balaban J connectivity index is 1.82. The van der Waals surface area contributed by atoms with Crippen LogP contribution in [-0.4, -0.2) is 57.6 Å². The van der Waals surface area contributed by atoms with Crippen molar-refractivity contribution in [2.45, 2.75) is 43.9 Å². The molecule has 1 fully saturated rings. The van der Waals surface area contributed by atoms with Crippen molar-refractivity contribution in [2.75, 3.05) is 26.9 Å². The zero-order valence-electron chi connectivity index (χ0n) is 19.2. The molecular formula is C27H34O6. The summed E-state index contributed by atoms with van der Waals surface area (Å²) in [6.07, 6.45) is 0.949. The molecule has 0 aromatic heterocycles. The van der Waals surface area contributed by atoms with E-state index in [0.717, 1.165) is 11.1 Å². The molecule has 5 atom stereocenters. The highest BCUT2D eigenvalue weighted by Crippen LogP contribution is 2.30. The first-order valence-corrected chi connectivity index (χ1v) is 11.2. The third kappa shape index (κ3) is 7.61. The molecule has 1 heterocycles. The summed E-state index contributed by atoms with van der Waals surface area (Å²) in [7, 11) is 1.60. The second kappa shape index (κ2) is 14.1. The van der Waals surface area contributed by atoms with Crippen LogP contribution in [0.3, 0.4) is 0 Å². The fourth-order valence-corrected chi connectivity index (χ4v) is 3.75. The van der Waals surface area contributed by atoms with Crippen LogP contribution in [-0.2, 0) is 41.6 Å². The molecular weight excluding hydrogens is 420 g/mol. The highest BCUT2D eigenvalue weighted by Gasteiger charge is 2.48. The molecule has 1 aliphatic rings. The molecule has 2 aromatic carbocycles. The Morgan fingerprint density at radius 2 is 1.33 bits per heavy atom. The van der Waals surface area contributed by atoms with Crippen LogP contribution in [0.4, 0.5) is 0 Å². The Morgan fingerprint density at radius 1 is 0.758 bits per heavy atom. The Kier molecular flexibility index (Phi) is 10.8. The van der Waals surface area contributed by atoms with E-state index in [2.05, 4.69) is 13.2 Å². The summed E-state index contributed by atoms with van der Waals surface area (Å²) in [6, 6.07) is 20.0. The molecule has 0 spiro atoms. The first-order chi connectivity index (χ1) is 16.3. The molecule has 0 saturated carbocycles. The minimum atomic E-state index is -0.643. The summed E-state index contributed by atoms with van der Waals surface area (Å²) in [5.41, 5.74) is 2.11. The van der Waals surface area contributed by atoms with Crippen LogP contribution in [0.1, 0.15) is 11.1 Å². The first kappa shape index (κ1) is 25.3. The van der Waals surface area contributed by atoms with Crippen molar-refractivity contribution in [2.24, 2.45) is 0 Å². The van der Waals surface area contributed by atoms with E-state index in [0.29, 0.717) is 33.0 Å². The van der Waals surface area contributed by atoms with E-state index in [9.17, 15) is 0 Å². The number of ether oxygens (including phenoxy) is 6. The average molecular weight is 455 g/mol. The Morgan fingerprint density at radius 3 is 1.88 bits per heavy atom. The molecule has 6 nitrogen and oxygen atoms in total. The van der Waals surface area contributed by atoms with Gasteiger partial charge in [-0.05, 0) is 11.1 Å². The van der Waals surface area contributed by atoms with Crippen molar-refractivity contribution in [3.63, 3.8) is 0 Å². The fourth-order valence-electron chi connectivity index (χ4n) is 3.75. The van der Waals surface area contributed by atoms with Crippen LogP contribution in [0, 0.1) is 0 Å². The number of hydrogen-bond acceptors (Lipinski definition) is 6. The van der Waals surface area contributed by atoms with Crippen molar-refractivity contribution in [1.82, 2.24) is 0 Å². The highest BCUT2D eigenvalue weighted by atomic mass is 16.7. The lowest BCUT2D eigenvalue weighted by Crippen LogP contribution is -2.61. The van der Waals surface area contributed by atoms with E-state index < -0.39 is 30.7 Å². The van der Waals surface area contributed by atoms with Crippen molar-refractivity contribution in [1.29, 1.82) is 0 Å². The van der Waals surface area contributed by atoms with Crippen LogP contribution in [0.2, 0.25) is 0 Å². The van der Waals surface area contributed by atoms with Gasteiger partial charge in [-0.15, -0.1) is 13.2 Å². The molecule has 6 heteroatoms. The van der Waals surface area contributed by atoms with Gasteiger partial charge >= 0.3 is 0 Å². The fraction of sp³-hybridized carbons (Fsp3) is 0.407. The number of hydrogen-bond donors (Lipinski definition) is 0. The maximum Gasteiger partial charge on any atom is 0.186 e. The molecule has 3 rings (SSSR count). The molecule has 0 amide bonds. The second-order valence-corrected chi connectivity index (χ2v) is 7.71. The third-order valence-corrected chi connectivity index (χ3v) is 5.32. The standard InChI is InChI=1S/C27H34O6/c1-4-16-29-20-23-24(30-17-5-2)25(31-18-21-12-8-6-9-13-21)26(27(28-3)33-23)32-19-22-14-10-7-11-15-22/h4-15,23-27H,1-2,16-20H2,3H3/t23-,24+,25+,26-,27+/m1/s1. The first-order valence-electron chi connectivity index (χ1n) is 11.2. The SMILES string of the molecule is C=CCOC[C@H]1O[C@H](OC)[C@H](OCc2ccccc2)[C@@H](OCc2ccccc2)[C@H]1OCC=C. The Hall–Kier alpha value is -2.32. The minimum Gasteiger partial charge on any atom is -0.375 e. The van der Waals surface area contributed by atoms with Crippen LogP contribution in [0.25, 0.3) is 0 Å². The summed E-state index contributed by atoms with van der Waals surface area (Å²) in [4.78, 5) is 0. The molecule has 1 aliphatic heterocycles. The van der Waals surface area contributed by atoms with E-state index >= 15 is 0 Å². The van der Waals surface area contributed by atoms with E-state index in [4.69, 9.17) is 28.4 Å². The molecule has 0 bridgehead atoms. The van der Waals surface area contributed by atoms with Crippen LogP contribution in [0.5, 0.6) is 0 Å². The maximum atomic E-state index is 6.43. The van der Waals surface area contributed by atoms with Crippen LogP contribution in [0.15, 0.2) is 86.0 Å². The smallest absolute Gasteiger partial charge is 0.186 e. The summed E-state index contributed by atoms with van der Waals surface area (Å²) < 4.78 is 36.5.